The predicted octanol–water partition coefficient (Wildman–Crippen LogP) is 1.16. The first-order valence-electron chi connectivity index (χ1n) is 4.77. The van der Waals surface area contributed by atoms with E-state index < -0.39 is 11.4 Å². The number of hydrogen-bond acceptors (Lipinski definition) is 6. The Kier molecular flexibility index (Phi) is 8.37. The molecule has 19 heavy (non-hydrogen) atoms. The first-order valence-corrected chi connectivity index (χ1v) is 5.80. The van der Waals surface area contributed by atoms with Gasteiger partial charge >= 0.3 is 11.4 Å². The van der Waals surface area contributed by atoms with E-state index in [-0.39, 0.29) is 11.3 Å². The smallest absolute Gasteiger partial charge is 0.378 e. The second-order valence-corrected chi connectivity index (χ2v) is 3.33. The molecule has 1 unspecified atom stereocenters. The molecular weight excluding hydrogens is 270 g/mol. The lowest BCUT2D eigenvalue weighted by Gasteiger charge is -1.98. The Bertz CT molecular complexity index is 535. The van der Waals surface area contributed by atoms with Crippen molar-refractivity contribution in [3.63, 3.8) is 0 Å². The van der Waals surface area contributed by atoms with Gasteiger partial charge in [0.2, 0.25) is 0 Å². The molecule has 7 nitrogen and oxygen atoms in total. The Labute approximate surface area is 113 Å². The van der Waals surface area contributed by atoms with Crippen molar-refractivity contribution in [2.24, 2.45) is 10.3 Å². The zero-order valence-electron chi connectivity index (χ0n) is 10.2. The number of terminal acetylenes is 1. The van der Waals surface area contributed by atoms with Crippen molar-refractivity contribution in [2.45, 2.75) is 6.92 Å². The summed E-state index contributed by atoms with van der Waals surface area (Å²) in [5.41, 5.74) is 0.657. The highest BCUT2D eigenvalue weighted by Gasteiger charge is 2.04. The van der Waals surface area contributed by atoms with Crippen LogP contribution in [0.15, 0.2) is 33.6 Å². The SMILES string of the molecule is C#CC(C=NOS(=O)O)=CC(=CC)C(C#N)=NOC. The summed E-state index contributed by atoms with van der Waals surface area (Å²) in [6.45, 7) is 1.68. The highest BCUT2D eigenvalue weighted by atomic mass is 32.2. The third-order valence-electron chi connectivity index (χ3n) is 1.65. The molecule has 0 heterocycles. The Morgan fingerprint density at radius 1 is 1.58 bits per heavy atom. The summed E-state index contributed by atoms with van der Waals surface area (Å²) in [6, 6.07) is 1.84. The maximum absolute atomic E-state index is 10.2. The molecule has 1 N–H and O–H groups in total. The fourth-order valence-corrected chi connectivity index (χ4v) is 1.03. The highest BCUT2D eigenvalue weighted by Crippen LogP contribution is 2.05. The van der Waals surface area contributed by atoms with Gasteiger partial charge in [0.15, 0.2) is 5.71 Å². The van der Waals surface area contributed by atoms with Crippen LogP contribution in [0, 0.1) is 23.7 Å². The van der Waals surface area contributed by atoms with Crippen LogP contribution in [0.25, 0.3) is 0 Å². The van der Waals surface area contributed by atoms with E-state index in [0.717, 1.165) is 6.21 Å². The number of hydrogen-bond donors (Lipinski definition) is 1. The van der Waals surface area contributed by atoms with Crippen molar-refractivity contribution in [2.75, 3.05) is 7.11 Å². The fraction of sp³-hybridized carbons (Fsp3) is 0.182. The first-order chi connectivity index (χ1) is 9.08. The molecule has 0 saturated carbocycles. The molecule has 0 aromatic carbocycles. The summed E-state index contributed by atoms with van der Waals surface area (Å²) in [4.78, 5) is 4.52. The average Bonchev–Trinajstić information content (AvgIpc) is 2.40. The minimum atomic E-state index is -2.52. The minimum absolute atomic E-state index is 0.0257. The molecule has 0 fully saturated rings. The van der Waals surface area contributed by atoms with Crippen molar-refractivity contribution in [3.8, 4) is 18.4 Å². The molecule has 100 valence electrons. The van der Waals surface area contributed by atoms with Gasteiger partial charge < -0.3 is 4.84 Å². The normalized spacial score (nSPS) is 14.7. The van der Waals surface area contributed by atoms with Gasteiger partial charge in [0.1, 0.15) is 13.2 Å². The van der Waals surface area contributed by atoms with E-state index in [4.69, 9.17) is 16.2 Å². The molecule has 0 spiro atoms. The largest absolute Gasteiger partial charge is 0.398 e. The summed E-state index contributed by atoms with van der Waals surface area (Å²) >= 11 is -2.52. The summed E-state index contributed by atoms with van der Waals surface area (Å²) in [5, 5.41) is 15.6. The lowest BCUT2D eigenvalue weighted by molar-refractivity contribution is 0.214. The summed E-state index contributed by atoms with van der Waals surface area (Å²) in [5.74, 6) is 2.27. The van der Waals surface area contributed by atoms with Gasteiger partial charge in [-0.2, -0.15) is 9.47 Å². The molecule has 0 rings (SSSR count). The standard InChI is InChI=1S/C11H11N3O4S/c1-4-9(8-13-18-19(15)16)6-10(5-2)11(7-12)14-17-3/h1,5-6,8H,2-3H3,(H,15,16). The van der Waals surface area contributed by atoms with Crippen molar-refractivity contribution in [1.29, 1.82) is 5.26 Å². The highest BCUT2D eigenvalue weighted by molar-refractivity contribution is 7.74. The van der Waals surface area contributed by atoms with Gasteiger partial charge in [-0.3, -0.25) is 8.84 Å². The van der Waals surface area contributed by atoms with E-state index in [1.54, 1.807) is 13.0 Å². The maximum Gasteiger partial charge on any atom is 0.378 e. The van der Waals surface area contributed by atoms with Crippen LogP contribution in [0.3, 0.4) is 0 Å². The van der Waals surface area contributed by atoms with Crippen LogP contribution in [0.4, 0.5) is 0 Å². The van der Waals surface area contributed by atoms with Crippen LogP contribution < -0.4 is 0 Å². The van der Waals surface area contributed by atoms with Crippen molar-refractivity contribution >= 4 is 23.3 Å². The van der Waals surface area contributed by atoms with Crippen LogP contribution in [0.2, 0.25) is 0 Å². The first kappa shape index (κ1) is 16.6. The van der Waals surface area contributed by atoms with Gasteiger partial charge in [0, 0.05) is 11.1 Å². The molecule has 0 aromatic rings. The van der Waals surface area contributed by atoms with E-state index in [1.807, 2.05) is 6.07 Å². The van der Waals surface area contributed by atoms with Gasteiger partial charge in [-0.1, -0.05) is 22.3 Å². The zero-order valence-corrected chi connectivity index (χ0v) is 11.0. The van der Waals surface area contributed by atoms with Gasteiger partial charge in [0.25, 0.3) is 0 Å². The number of rotatable bonds is 6. The van der Waals surface area contributed by atoms with Gasteiger partial charge in [-0.05, 0) is 13.0 Å². The molecule has 1 atom stereocenters. The van der Waals surface area contributed by atoms with E-state index in [1.165, 1.54) is 13.2 Å². The van der Waals surface area contributed by atoms with Crippen LogP contribution in [0.1, 0.15) is 6.92 Å². The molecule has 0 aliphatic carbocycles. The van der Waals surface area contributed by atoms with Crippen LogP contribution in [-0.4, -0.2) is 27.8 Å². The monoisotopic (exact) mass is 281 g/mol. The van der Waals surface area contributed by atoms with Crippen LogP contribution >= 0.6 is 0 Å². The Balaban J connectivity index is 5.20. The lowest BCUT2D eigenvalue weighted by atomic mass is 10.1. The van der Waals surface area contributed by atoms with Gasteiger partial charge in [-0.25, -0.2) is 0 Å². The number of nitriles is 1. The van der Waals surface area contributed by atoms with Crippen LogP contribution in [0.5, 0.6) is 0 Å². The number of allylic oxidation sites excluding steroid dienone is 4. The molecule has 0 saturated heterocycles. The molecule has 0 aliphatic heterocycles. The molecule has 0 amide bonds. The second-order valence-electron chi connectivity index (χ2n) is 2.75. The number of oxime groups is 2. The fourth-order valence-electron chi connectivity index (χ4n) is 0.916. The lowest BCUT2D eigenvalue weighted by Crippen LogP contribution is -1.99. The molecular formula is C11H11N3O4S. The van der Waals surface area contributed by atoms with E-state index in [9.17, 15) is 4.21 Å². The van der Waals surface area contributed by atoms with Crippen molar-refractivity contribution in [1.82, 2.24) is 0 Å². The molecule has 0 radical (unpaired) electrons. The topological polar surface area (TPSA) is 104 Å². The Hall–Kier alpha value is -2.42. The van der Waals surface area contributed by atoms with Crippen molar-refractivity contribution < 1.29 is 17.9 Å². The zero-order chi connectivity index (χ0) is 14.7. The average molecular weight is 281 g/mol. The summed E-state index contributed by atoms with van der Waals surface area (Å²) in [7, 11) is 1.31. The number of nitrogens with zero attached hydrogens (tertiary/aromatic N) is 3. The summed E-state index contributed by atoms with van der Waals surface area (Å²) in [6.07, 6.45) is 9.30. The Morgan fingerprint density at radius 2 is 2.26 bits per heavy atom. The molecule has 0 aliphatic rings. The molecule has 0 bridgehead atoms. The summed E-state index contributed by atoms with van der Waals surface area (Å²) < 4.78 is 22.6. The van der Waals surface area contributed by atoms with Crippen LogP contribution in [-0.2, 0) is 20.5 Å². The molecule has 0 aromatic heterocycles. The Morgan fingerprint density at radius 3 is 2.68 bits per heavy atom. The van der Waals surface area contributed by atoms with E-state index in [2.05, 4.69) is 25.4 Å². The molecule has 8 heteroatoms. The third kappa shape index (κ3) is 6.78. The van der Waals surface area contributed by atoms with E-state index in [0.29, 0.717) is 5.57 Å². The van der Waals surface area contributed by atoms with E-state index >= 15 is 0 Å². The maximum atomic E-state index is 10.2. The van der Waals surface area contributed by atoms with Gasteiger partial charge in [0.05, 0.1) is 6.21 Å². The quantitative estimate of drug-likeness (QED) is 0.258. The van der Waals surface area contributed by atoms with Crippen molar-refractivity contribution in [3.05, 3.63) is 23.3 Å². The van der Waals surface area contributed by atoms with Gasteiger partial charge in [-0.15, -0.1) is 6.42 Å². The second kappa shape index (κ2) is 9.59. The minimum Gasteiger partial charge on any atom is -0.398 e. The third-order valence-corrected chi connectivity index (χ3v) is 1.86. The predicted molar refractivity (Wildman–Crippen MR) is 71.1 cm³/mol.